The van der Waals surface area contributed by atoms with Gasteiger partial charge in [-0.25, -0.2) is 0 Å². The monoisotopic (exact) mass is 142 g/mol. The first-order chi connectivity index (χ1) is 4.75. The van der Waals surface area contributed by atoms with Crippen LogP contribution in [0.1, 0.15) is 33.6 Å². The molecule has 0 aromatic rings. The lowest BCUT2D eigenvalue weighted by atomic mass is 9.88. The van der Waals surface area contributed by atoms with E-state index in [0.29, 0.717) is 6.10 Å². The van der Waals surface area contributed by atoms with Gasteiger partial charge in [0.25, 0.3) is 0 Å². The lowest BCUT2D eigenvalue weighted by Gasteiger charge is -2.19. The van der Waals surface area contributed by atoms with Crippen molar-refractivity contribution in [2.45, 2.75) is 39.7 Å². The van der Waals surface area contributed by atoms with Crippen LogP contribution in [0.2, 0.25) is 0 Å². The third-order valence-electron chi connectivity index (χ3n) is 2.52. The fourth-order valence-corrected chi connectivity index (χ4v) is 1.85. The second-order valence-electron chi connectivity index (χ2n) is 3.51. The van der Waals surface area contributed by atoms with Gasteiger partial charge in [0.15, 0.2) is 0 Å². The molecule has 0 spiro atoms. The number of ether oxygens (including phenoxy) is 1. The minimum Gasteiger partial charge on any atom is -0.378 e. The largest absolute Gasteiger partial charge is 0.378 e. The van der Waals surface area contributed by atoms with Crippen molar-refractivity contribution >= 4 is 0 Å². The Kier molecular flexibility index (Phi) is 2.72. The summed E-state index contributed by atoms with van der Waals surface area (Å²) in [5.41, 5.74) is 0. The van der Waals surface area contributed by atoms with Crippen LogP contribution in [0.3, 0.4) is 0 Å². The first-order valence-electron chi connectivity index (χ1n) is 4.37. The van der Waals surface area contributed by atoms with E-state index in [1.807, 2.05) is 0 Å². The lowest BCUT2D eigenvalue weighted by Crippen LogP contribution is -2.19. The standard InChI is InChI=1S/C9H18O/c1-4-9-8(7(2)3)5-6-10-9/h7-9H,4-6H2,1-3H3. The van der Waals surface area contributed by atoms with Gasteiger partial charge in [-0.3, -0.25) is 0 Å². The molecule has 1 saturated heterocycles. The molecule has 1 heterocycles. The van der Waals surface area contributed by atoms with Crippen LogP contribution < -0.4 is 0 Å². The van der Waals surface area contributed by atoms with Crippen molar-refractivity contribution in [3.8, 4) is 0 Å². The van der Waals surface area contributed by atoms with E-state index in [1.54, 1.807) is 0 Å². The molecular weight excluding hydrogens is 124 g/mol. The van der Waals surface area contributed by atoms with Gasteiger partial charge in [-0.15, -0.1) is 0 Å². The Balaban J connectivity index is 2.42. The summed E-state index contributed by atoms with van der Waals surface area (Å²) < 4.78 is 5.58. The Morgan fingerprint density at radius 2 is 2.20 bits per heavy atom. The van der Waals surface area contributed by atoms with Crippen LogP contribution in [0.25, 0.3) is 0 Å². The average molecular weight is 142 g/mol. The summed E-state index contributed by atoms with van der Waals surface area (Å²) in [5.74, 6) is 1.62. The summed E-state index contributed by atoms with van der Waals surface area (Å²) in [4.78, 5) is 0. The molecule has 1 rings (SSSR count). The maximum Gasteiger partial charge on any atom is 0.0603 e. The Hall–Kier alpha value is -0.0400. The summed E-state index contributed by atoms with van der Waals surface area (Å²) in [6.07, 6.45) is 3.01. The van der Waals surface area contributed by atoms with Gasteiger partial charge in [-0.05, 0) is 24.7 Å². The highest BCUT2D eigenvalue weighted by Crippen LogP contribution is 2.29. The number of hydrogen-bond donors (Lipinski definition) is 0. The molecule has 0 saturated carbocycles. The fourth-order valence-electron chi connectivity index (χ4n) is 1.85. The smallest absolute Gasteiger partial charge is 0.0603 e. The SMILES string of the molecule is CCC1OCCC1C(C)C. The molecule has 1 nitrogen and oxygen atoms in total. The molecule has 1 aliphatic heterocycles. The topological polar surface area (TPSA) is 9.23 Å². The maximum atomic E-state index is 5.58. The third kappa shape index (κ3) is 1.51. The number of hydrogen-bond acceptors (Lipinski definition) is 1. The molecule has 0 aromatic carbocycles. The summed E-state index contributed by atoms with van der Waals surface area (Å²) in [6.45, 7) is 7.79. The first-order valence-corrected chi connectivity index (χ1v) is 4.37. The van der Waals surface area contributed by atoms with E-state index >= 15 is 0 Å². The van der Waals surface area contributed by atoms with Crippen molar-refractivity contribution in [2.75, 3.05) is 6.61 Å². The minimum absolute atomic E-state index is 0.556. The fraction of sp³-hybridized carbons (Fsp3) is 1.00. The van der Waals surface area contributed by atoms with Crippen LogP contribution in [0, 0.1) is 11.8 Å². The molecule has 2 unspecified atom stereocenters. The summed E-state index contributed by atoms with van der Waals surface area (Å²) in [7, 11) is 0. The van der Waals surface area contributed by atoms with Crippen molar-refractivity contribution in [1.82, 2.24) is 0 Å². The van der Waals surface area contributed by atoms with E-state index in [4.69, 9.17) is 4.74 Å². The van der Waals surface area contributed by atoms with Crippen LogP contribution in [0.4, 0.5) is 0 Å². The molecule has 2 atom stereocenters. The highest BCUT2D eigenvalue weighted by atomic mass is 16.5. The second-order valence-corrected chi connectivity index (χ2v) is 3.51. The van der Waals surface area contributed by atoms with Crippen LogP contribution in [0.15, 0.2) is 0 Å². The molecule has 1 heteroatoms. The van der Waals surface area contributed by atoms with Crippen LogP contribution >= 0.6 is 0 Å². The highest BCUT2D eigenvalue weighted by molar-refractivity contribution is 4.77. The van der Waals surface area contributed by atoms with Gasteiger partial charge < -0.3 is 4.74 Å². The quantitative estimate of drug-likeness (QED) is 0.575. The van der Waals surface area contributed by atoms with E-state index in [2.05, 4.69) is 20.8 Å². The van der Waals surface area contributed by atoms with Crippen molar-refractivity contribution in [2.24, 2.45) is 11.8 Å². The van der Waals surface area contributed by atoms with Crippen LogP contribution in [-0.4, -0.2) is 12.7 Å². The van der Waals surface area contributed by atoms with E-state index in [1.165, 1.54) is 12.8 Å². The summed E-state index contributed by atoms with van der Waals surface area (Å²) in [6, 6.07) is 0. The van der Waals surface area contributed by atoms with Crippen molar-refractivity contribution < 1.29 is 4.74 Å². The van der Waals surface area contributed by atoms with Gasteiger partial charge in [0.1, 0.15) is 0 Å². The van der Waals surface area contributed by atoms with Crippen LogP contribution in [0.5, 0.6) is 0 Å². The molecule has 0 radical (unpaired) electrons. The molecule has 1 fully saturated rings. The molecule has 0 N–H and O–H groups in total. The second kappa shape index (κ2) is 3.38. The first kappa shape index (κ1) is 8.06. The van der Waals surface area contributed by atoms with Crippen molar-refractivity contribution in [3.05, 3.63) is 0 Å². The molecule has 10 heavy (non-hydrogen) atoms. The Labute approximate surface area is 63.8 Å². The normalized spacial score (nSPS) is 33.6. The maximum absolute atomic E-state index is 5.58. The zero-order valence-corrected chi connectivity index (χ0v) is 7.26. The predicted molar refractivity (Wildman–Crippen MR) is 43.0 cm³/mol. The van der Waals surface area contributed by atoms with Gasteiger partial charge in [0, 0.05) is 6.61 Å². The lowest BCUT2D eigenvalue weighted by molar-refractivity contribution is 0.0765. The van der Waals surface area contributed by atoms with Gasteiger partial charge in [0.2, 0.25) is 0 Å². The summed E-state index contributed by atoms with van der Waals surface area (Å²) >= 11 is 0. The third-order valence-corrected chi connectivity index (χ3v) is 2.52. The Morgan fingerprint density at radius 3 is 2.60 bits per heavy atom. The Bertz CT molecular complexity index is 98.9. The van der Waals surface area contributed by atoms with E-state index in [0.717, 1.165) is 18.4 Å². The molecule has 0 bridgehead atoms. The average Bonchev–Trinajstić information content (AvgIpc) is 2.33. The molecule has 60 valence electrons. The van der Waals surface area contributed by atoms with E-state index in [9.17, 15) is 0 Å². The molecule has 0 aromatic heterocycles. The Morgan fingerprint density at radius 1 is 1.50 bits per heavy atom. The van der Waals surface area contributed by atoms with Gasteiger partial charge in [0.05, 0.1) is 6.10 Å². The zero-order chi connectivity index (χ0) is 7.56. The highest BCUT2D eigenvalue weighted by Gasteiger charge is 2.28. The van der Waals surface area contributed by atoms with Gasteiger partial charge in [-0.2, -0.15) is 0 Å². The van der Waals surface area contributed by atoms with Crippen LogP contribution in [-0.2, 0) is 4.74 Å². The van der Waals surface area contributed by atoms with Crippen molar-refractivity contribution in [1.29, 1.82) is 0 Å². The molecule has 1 aliphatic rings. The molecule has 0 amide bonds. The zero-order valence-electron chi connectivity index (χ0n) is 7.26. The summed E-state index contributed by atoms with van der Waals surface area (Å²) in [5, 5.41) is 0. The van der Waals surface area contributed by atoms with Gasteiger partial charge in [-0.1, -0.05) is 20.8 Å². The minimum atomic E-state index is 0.556. The van der Waals surface area contributed by atoms with Crippen molar-refractivity contribution in [3.63, 3.8) is 0 Å². The molecule has 0 aliphatic carbocycles. The number of rotatable bonds is 2. The van der Waals surface area contributed by atoms with Gasteiger partial charge >= 0.3 is 0 Å². The molecular formula is C9H18O. The predicted octanol–water partition coefficient (Wildman–Crippen LogP) is 2.46. The van der Waals surface area contributed by atoms with E-state index in [-0.39, 0.29) is 0 Å². The van der Waals surface area contributed by atoms with E-state index < -0.39 is 0 Å².